The molecule has 2 aliphatic rings. The molecular weight excluding hydrogens is 276 g/mol. The molecule has 0 spiro atoms. The first kappa shape index (κ1) is 15.1. The minimum Gasteiger partial charge on any atom is -0.341 e. The smallest absolute Gasteiger partial charge is 0.233 e. The molecule has 1 aromatic rings. The lowest BCUT2D eigenvalue weighted by atomic mass is 9.63. The Kier molecular flexibility index (Phi) is 4.19. The highest BCUT2D eigenvalue weighted by atomic mass is 16.2. The topological polar surface area (TPSA) is 40.6 Å². The van der Waals surface area contributed by atoms with Gasteiger partial charge in [0.25, 0.3) is 0 Å². The molecule has 0 N–H and O–H groups in total. The zero-order chi connectivity index (χ0) is 15.6. The standard InChI is InChI=1S/C18H24N2O2/c1-15(21)19-11-6-12-20(14-13-19)17(22)18(9-5-10-18)16-7-3-2-4-8-16/h2-4,7-8H,5-6,9-14H2,1H3. The largest absolute Gasteiger partial charge is 0.341 e. The monoisotopic (exact) mass is 300 g/mol. The Morgan fingerprint density at radius 2 is 1.55 bits per heavy atom. The van der Waals surface area contributed by atoms with Gasteiger partial charge in [-0.1, -0.05) is 36.8 Å². The van der Waals surface area contributed by atoms with Gasteiger partial charge >= 0.3 is 0 Å². The van der Waals surface area contributed by atoms with Crippen LogP contribution in [0.5, 0.6) is 0 Å². The lowest BCUT2D eigenvalue weighted by Crippen LogP contribution is -2.52. The normalized spacial score (nSPS) is 21.0. The van der Waals surface area contributed by atoms with Gasteiger partial charge in [0, 0.05) is 33.1 Å². The molecule has 3 rings (SSSR count). The molecule has 0 aromatic heterocycles. The molecule has 22 heavy (non-hydrogen) atoms. The Labute approximate surface area is 132 Å². The average molecular weight is 300 g/mol. The SMILES string of the molecule is CC(=O)N1CCCN(C(=O)C2(c3ccccc3)CCC2)CC1. The van der Waals surface area contributed by atoms with Crippen LogP contribution in [-0.2, 0) is 15.0 Å². The van der Waals surface area contributed by atoms with Gasteiger partial charge in [-0.3, -0.25) is 9.59 Å². The fraction of sp³-hybridized carbons (Fsp3) is 0.556. The average Bonchev–Trinajstić information content (AvgIpc) is 2.73. The molecular formula is C18H24N2O2. The van der Waals surface area contributed by atoms with Gasteiger partial charge in [0.1, 0.15) is 0 Å². The molecule has 118 valence electrons. The van der Waals surface area contributed by atoms with E-state index < -0.39 is 0 Å². The van der Waals surface area contributed by atoms with E-state index >= 15 is 0 Å². The lowest BCUT2D eigenvalue weighted by molar-refractivity contribution is -0.141. The molecule has 2 fully saturated rings. The second-order valence-electron chi connectivity index (χ2n) is 6.45. The van der Waals surface area contributed by atoms with E-state index in [1.54, 1.807) is 6.92 Å². The molecule has 2 amide bonds. The molecule has 1 aliphatic carbocycles. The van der Waals surface area contributed by atoms with E-state index in [4.69, 9.17) is 0 Å². The summed E-state index contributed by atoms with van der Waals surface area (Å²) in [6.07, 6.45) is 3.88. The first-order valence-corrected chi connectivity index (χ1v) is 8.24. The molecule has 1 aliphatic heterocycles. The third-order valence-electron chi connectivity index (χ3n) is 5.17. The molecule has 0 bridgehead atoms. The van der Waals surface area contributed by atoms with E-state index in [0.29, 0.717) is 13.1 Å². The van der Waals surface area contributed by atoms with Crippen molar-refractivity contribution in [3.63, 3.8) is 0 Å². The maximum absolute atomic E-state index is 13.2. The molecule has 0 unspecified atom stereocenters. The Bertz CT molecular complexity index is 551. The van der Waals surface area contributed by atoms with Crippen molar-refractivity contribution in [2.45, 2.75) is 38.0 Å². The van der Waals surface area contributed by atoms with Crippen LogP contribution in [-0.4, -0.2) is 47.8 Å². The van der Waals surface area contributed by atoms with Crippen molar-refractivity contribution in [3.8, 4) is 0 Å². The van der Waals surface area contributed by atoms with Crippen molar-refractivity contribution in [1.29, 1.82) is 0 Å². The minimum absolute atomic E-state index is 0.107. The second-order valence-corrected chi connectivity index (χ2v) is 6.45. The second kappa shape index (κ2) is 6.11. The summed E-state index contributed by atoms with van der Waals surface area (Å²) in [7, 11) is 0. The maximum atomic E-state index is 13.2. The predicted octanol–water partition coefficient (Wildman–Crippen LogP) is 2.19. The zero-order valence-electron chi connectivity index (χ0n) is 13.3. The van der Waals surface area contributed by atoms with E-state index in [2.05, 4.69) is 12.1 Å². The number of hydrogen-bond donors (Lipinski definition) is 0. The summed E-state index contributed by atoms with van der Waals surface area (Å²) in [4.78, 5) is 28.5. The van der Waals surface area contributed by atoms with Crippen LogP contribution in [0.4, 0.5) is 0 Å². The fourth-order valence-corrected chi connectivity index (χ4v) is 3.65. The van der Waals surface area contributed by atoms with Gasteiger partial charge in [0.15, 0.2) is 0 Å². The third kappa shape index (κ3) is 2.62. The fourth-order valence-electron chi connectivity index (χ4n) is 3.65. The highest BCUT2D eigenvalue weighted by Gasteiger charge is 2.47. The highest BCUT2D eigenvalue weighted by Crippen LogP contribution is 2.45. The van der Waals surface area contributed by atoms with E-state index in [-0.39, 0.29) is 17.2 Å². The van der Waals surface area contributed by atoms with Crippen molar-refractivity contribution >= 4 is 11.8 Å². The number of nitrogens with zero attached hydrogens (tertiary/aromatic N) is 2. The van der Waals surface area contributed by atoms with Crippen LogP contribution in [0.3, 0.4) is 0 Å². The number of rotatable bonds is 2. The predicted molar refractivity (Wildman–Crippen MR) is 85.4 cm³/mol. The lowest BCUT2D eigenvalue weighted by Gasteiger charge is -2.44. The van der Waals surface area contributed by atoms with Crippen LogP contribution in [0.1, 0.15) is 38.2 Å². The highest BCUT2D eigenvalue weighted by molar-refractivity contribution is 5.89. The van der Waals surface area contributed by atoms with Gasteiger partial charge in [-0.2, -0.15) is 0 Å². The van der Waals surface area contributed by atoms with Gasteiger partial charge in [-0.05, 0) is 24.8 Å². The minimum atomic E-state index is -0.313. The molecule has 1 heterocycles. The van der Waals surface area contributed by atoms with Crippen LogP contribution in [0.2, 0.25) is 0 Å². The van der Waals surface area contributed by atoms with Crippen LogP contribution < -0.4 is 0 Å². The molecule has 4 heteroatoms. The van der Waals surface area contributed by atoms with Gasteiger partial charge < -0.3 is 9.80 Å². The molecule has 0 radical (unpaired) electrons. The van der Waals surface area contributed by atoms with Crippen LogP contribution >= 0.6 is 0 Å². The first-order chi connectivity index (χ1) is 10.6. The number of benzene rings is 1. The molecule has 1 saturated heterocycles. The van der Waals surface area contributed by atoms with E-state index in [1.807, 2.05) is 28.0 Å². The number of hydrogen-bond acceptors (Lipinski definition) is 2. The van der Waals surface area contributed by atoms with E-state index in [9.17, 15) is 9.59 Å². The summed E-state index contributed by atoms with van der Waals surface area (Å²) in [6, 6.07) is 10.2. The van der Waals surface area contributed by atoms with Crippen molar-refractivity contribution in [2.24, 2.45) is 0 Å². The Morgan fingerprint density at radius 3 is 2.14 bits per heavy atom. The van der Waals surface area contributed by atoms with Crippen LogP contribution in [0.15, 0.2) is 30.3 Å². The summed E-state index contributed by atoms with van der Waals surface area (Å²) in [5.41, 5.74) is 0.839. The van der Waals surface area contributed by atoms with E-state index in [1.165, 1.54) is 0 Å². The maximum Gasteiger partial charge on any atom is 0.233 e. The molecule has 4 nitrogen and oxygen atoms in total. The number of carbonyl (C=O) groups excluding carboxylic acids is 2. The zero-order valence-corrected chi connectivity index (χ0v) is 13.3. The van der Waals surface area contributed by atoms with Gasteiger partial charge in [0.05, 0.1) is 5.41 Å². The Balaban J connectivity index is 1.76. The van der Waals surface area contributed by atoms with E-state index in [0.717, 1.165) is 44.3 Å². The first-order valence-electron chi connectivity index (χ1n) is 8.24. The Hall–Kier alpha value is -1.84. The van der Waals surface area contributed by atoms with Crippen molar-refractivity contribution in [1.82, 2.24) is 9.80 Å². The number of carbonyl (C=O) groups is 2. The Morgan fingerprint density at radius 1 is 0.909 bits per heavy atom. The molecule has 1 aromatic carbocycles. The van der Waals surface area contributed by atoms with Gasteiger partial charge in [-0.25, -0.2) is 0 Å². The summed E-state index contributed by atoms with van der Waals surface area (Å²) in [5.74, 6) is 0.367. The number of amides is 2. The summed E-state index contributed by atoms with van der Waals surface area (Å²) in [6.45, 7) is 4.45. The van der Waals surface area contributed by atoms with Crippen molar-refractivity contribution in [2.75, 3.05) is 26.2 Å². The van der Waals surface area contributed by atoms with Gasteiger partial charge in [-0.15, -0.1) is 0 Å². The quantitative estimate of drug-likeness (QED) is 0.840. The summed E-state index contributed by atoms with van der Waals surface area (Å²) in [5, 5.41) is 0. The van der Waals surface area contributed by atoms with Crippen LogP contribution in [0.25, 0.3) is 0 Å². The van der Waals surface area contributed by atoms with Crippen molar-refractivity contribution < 1.29 is 9.59 Å². The van der Waals surface area contributed by atoms with Crippen molar-refractivity contribution in [3.05, 3.63) is 35.9 Å². The van der Waals surface area contributed by atoms with Crippen LogP contribution in [0, 0.1) is 0 Å². The molecule has 0 atom stereocenters. The summed E-state index contributed by atoms with van der Waals surface area (Å²) < 4.78 is 0. The van der Waals surface area contributed by atoms with Gasteiger partial charge in [0.2, 0.25) is 11.8 Å². The molecule has 1 saturated carbocycles. The third-order valence-corrected chi connectivity index (χ3v) is 5.17. The summed E-state index contributed by atoms with van der Waals surface area (Å²) >= 11 is 0.